The van der Waals surface area contributed by atoms with Crippen LogP contribution in [-0.4, -0.2) is 22.7 Å². The van der Waals surface area contributed by atoms with Crippen molar-refractivity contribution in [3.05, 3.63) is 65.8 Å². The molecule has 0 fully saturated rings. The van der Waals surface area contributed by atoms with Crippen molar-refractivity contribution in [1.29, 1.82) is 0 Å². The van der Waals surface area contributed by atoms with E-state index in [2.05, 4.69) is 20.6 Å². The zero-order valence-electron chi connectivity index (χ0n) is 14.5. The zero-order valence-corrected chi connectivity index (χ0v) is 15.3. The number of hydrogen-bond donors (Lipinski definition) is 2. The zero-order chi connectivity index (χ0) is 18.9. The van der Waals surface area contributed by atoms with E-state index in [1.807, 2.05) is 48.5 Å². The third-order valence-electron chi connectivity index (χ3n) is 4.24. The van der Waals surface area contributed by atoms with Gasteiger partial charge in [-0.2, -0.15) is 0 Å². The summed E-state index contributed by atoms with van der Waals surface area (Å²) in [7, 11) is 0. The van der Waals surface area contributed by atoms with E-state index >= 15 is 0 Å². The van der Waals surface area contributed by atoms with Crippen molar-refractivity contribution >= 4 is 44.7 Å². The summed E-state index contributed by atoms with van der Waals surface area (Å²) in [5.74, 6) is 1.12. The van der Waals surface area contributed by atoms with Crippen molar-refractivity contribution in [2.45, 2.75) is 0 Å². The molecule has 2 aromatic heterocycles. The molecule has 1 aliphatic rings. The summed E-state index contributed by atoms with van der Waals surface area (Å²) < 4.78 is 10.7. The SMILES string of the molecule is O=C(Nc1cccc2cccnc12)c1csc(Nc2ccc3c(c2)OCO3)n1. The van der Waals surface area contributed by atoms with Gasteiger partial charge in [0.05, 0.1) is 11.2 Å². The van der Waals surface area contributed by atoms with Gasteiger partial charge in [-0.1, -0.05) is 18.2 Å². The van der Waals surface area contributed by atoms with Crippen LogP contribution in [0.2, 0.25) is 0 Å². The second kappa shape index (κ2) is 6.82. The average molecular weight is 390 g/mol. The van der Waals surface area contributed by atoms with Crippen LogP contribution in [0.5, 0.6) is 11.5 Å². The van der Waals surface area contributed by atoms with E-state index in [4.69, 9.17) is 9.47 Å². The molecule has 138 valence electrons. The first-order valence-electron chi connectivity index (χ1n) is 8.53. The number of nitrogens with one attached hydrogen (secondary N) is 2. The van der Waals surface area contributed by atoms with E-state index < -0.39 is 0 Å². The lowest BCUT2D eigenvalue weighted by atomic mass is 10.2. The van der Waals surface area contributed by atoms with Crippen LogP contribution < -0.4 is 20.1 Å². The van der Waals surface area contributed by atoms with Gasteiger partial charge >= 0.3 is 0 Å². The van der Waals surface area contributed by atoms with Gasteiger partial charge in [-0.25, -0.2) is 4.98 Å². The number of hydrogen-bond acceptors (Lipinski definition) is 7. The number of aromatic nitrogens is 2. The quantitative estimate of drug-likeness (QED) is 0.537. The number of carbonyl (C=O) groups excluding carboxylic acids is 1. The van der Waals surface area contributed by atoms with Gasteiger partial charge in [-0.3, -0.25) is 9.78 Å². The van der Waals surface area contributed by atoms with E-state index in [0.717, 1.165) is 16.6 Å². The summed E-state index contributed by atoms with van der Waals surface area (Å²) in [5.41, 5.74) is 2.54. The molecule has 0 aliphatic carbocycles. The minimum absolute atomic E-state index is 0.226. The van der Waals surface area contributed by atoms with Crippen molar-refractivity contribution in [3.8, 4) is 11.5 Å². The Labute approximate surface area is 164 Å². The fourth-order valence-corrected chi connectivity index (χ4v) is 3.64. The molecule has 5 rings (SSSR count). The van der Waals surface area contributed by atoms with Gasteiger partial charge in [0.1, 0.15) is 5.69 Å². The summed E-state index contributed by atoms with van der Waals surface area (Å²) in [6.45, 7) is 0.226. The maximum absolute atomic E-state index is 12.6. The summed E-state index contributed by atoms with van der Waals surface area (Å²) in [6, 6.07) is 15.0. The lowest BCUT2D eigenvalue weighted by molar-refractivity contribution is 0.102. The number of nitrogens with zero attached hydrogens (tertiary/aromatic N) is 2. The first kappa shape index (κ1) is 16.5. The molecule has 1 aliphatic heterocycles. The molecule has 1 amide bonds. The Morgan fingerprint density at radius 2 is 1.96 bits per heavy atom. The maximum Gasteiger partial charge on any atom is 0.275 e. The third kappa shape index (κ3) is 3.10. The smallest absolute Gasteiger partial charge is 0.275 e. The topological polar surface area (TPSA) is 85.4 Å². The number of rotatable bonds is 4. The number of ether oxygens (including phenoxy) is 2. The summed E-state index contributed by atoms with van der Waals surface area (Å²) in [5, 5.41) is 9.36. The Morgan fingerprint density at radius 1 is 1.07 bits per heavy atom. The summed E-state index contributed by atoms with van der Waals surface area (Å²) >= 11 is 1.35. The number of pyridine rings is 1. The normalized spacial score (nSPS) is 12.1. The number of para-hydroxylation sites is 1. The molecule has 8 heteroatoms. The van der Waals surface area contributed by atoms with Gasteiger partial charge < -0.3 is 20.1 Å². The number of carbonyl (C=O) groups is 1. The molecule has 7 nitrogen and oxygen atoms in total. The lowest BCUT2D eigenvalue weighted by Crippen LogP contribution is -2.12. The standard InChI is InChI=1S/C20H14N4O3S/c25-19(23-14-5-1-3-12-4-2-8-21-18(12)14)15-10-28-20(24-15)22-13-6-7-16-17(9-13)27-11-26-16/h1-10H,11H2,(H,22,24)(H,23,25). The van der Waals surface area contributed by atoms with Crippen molar-refractivity contribution in [3.63, 3.8) is 0 Å². The molecule has 3 heterocycles. The molecule has 2 aromatic carbocycles. The van der Waals surface area contributed by atoms with Crippen molar-refractivity contribution in [1.82, 2.24) is 9.97 Å². The van der Waals surface area contributed by atoms with Crippen LogP contribution in [0.15, 0.2) is 60.1 Å². The van der Waals surface area contributed by atoms with Gasteiger partial charge in [0, 0.05) is 28.7 Å². The van der Waals surface area contributed by atoms with Crippen molar-refractivity contribution in [2.24, 2.45) is 0 Å². The van der Waals surface area contributed by atoms with Gasteiger partial charge in [-0.05, 0) is 24.3 Å². The molecule has 0 saturated heterocycles. The molecule has 2 N–H and O–H groups in total. The van der Waals surface area contributed by atoms with Crippen LogP contribution in [0.25, 0.3) is 10.9 Å². The van der Waals surface area contributed by atoms with E-state index in [1.165, 1.54) is 11.3 Å². The van der Waals surface area contributed by atoms with Crippen molar-refractivity contribution < 1.29 is 14.3 Å². The molecular weight excluding hydrogens is 376 g/mol. The molecule has 28 heavy (non-hydrogen) atoms. The largest absolute Gasteiger partial charge is 0.454 e. The van der Waals surface area contributed by atoms with E-state index in [-0.39, 0.29) is 12.7 Å². The Morgan fingerprint density at radius 3 is 2.93 bits per heavy atom. The number of fused-ring (bicyclic) bond motifs is 2. The van der Waals surface area contributed by atoms with E-state index in [0.29, 0.717) is 28.0 Å². The second-order valence-corrected chi connectivity index (χ2v) is 6.92. The van der Waals surface area contributed by atoms with Crippen LogP contribution >= 0.6 is 11.3 Å². The first-order chi connectivity index (χ1) is 13.8. The highest BCUT2D eigenvalue weighted by Gasteiger charge is 2.15. The van der Waals surface area contributed by atoms with Gasteiger partial charge in [0.15, 0.2) is 16.6 Å². The highest BCUT2D eigenvalue weighted by molar-refractivity contribution is 7.14. The highest BCUT2D eigenvalue weighted by Crippen LogP contribution is 2.35. The van der Waals surface area contributed by atoms with Crippen molar-refractivity contribution in [2.75, 3.05) is 17.4 Å². The molecule has 0 unspecified atom stereocenters. The first-order valence-corrected chi connectivity index (χ1v) is 9.41. The minimum atomic E-state index is -0.284. The van der Waals surface area contributed by atoms with Crippen LogP contribution in [0.1, 0.15) is 10.5 Å². The number of amides is 1. The third-order valence-corrected chi connectivity index (χ3v) is 5.00. The predicted octanol–water partition coefficient (Wildman–Crippen LogP) is 4.42. The Bertz CT molecular complexity index is 1190. The molecule has 0 radical (unpaired) electrons. The van der Waals surface area contributed by atoms with Crippen LogP contribution in [0.4, 0.5) is 16.5 Å². The Kier molecular flexibility index (Phi) is 4.02. The summed E-state index contributed by atoms with van der Waals surface area (Å²) in [6.07, 6.45) is 1.70. The number of thiazole rings is 1. The molecule has 4 aromatic rings. The fourth-order valence-electron chi connectivity index (χ4n) is 2.92. The molecule has 0 spiro atoms. The molecule has 0 bridgehead atoms. The highest BCUT2D eigenvalue weighted by atomic mass is 32.1. The lowest BCUT2D eigenvalue weighted by Gasteiger charge is -2.06. The van der Waals surface area contributed by atoms with Crippen LogP contribution in [0, 0.1) is 0 Å². The molecule has 0 atom stereocenters. The second-order valence-electron chi connectivity index (χ2n) is 6.07. The fraction of sp³-hybridized carbons (Fsp3) is 0.0500. The Balaban J connectivity index is 1.33. The minimum Gasteiger partial charge on any atom is -0.454 e. The number of benzene rings is 2. The summed E-state index contributed by atoms with van der Waals surface area (Å²) in [4.78, 5) is 21.3. The van der Waals surface area contributed by atoms with Gasteiger partial charge in [-0.15, -0.1) is 11.3 Å². The van der Waals surface area contributed by atoms with E-state index in [1.54, 1.807) is 11.6 Å². The van der Waals surface area contributed by atoms with Gasteiger partial charge in [0.25, 0.3) is 5.91 Å². The maximum atomic E-state index is 12.6. The van der Waals surface area contributed by atoms with Gasteiger partial charge in [0.2, 0.25) is 6.79 Å². The average Bonchev–Trinajstić information content (AvgIpc) is 3.37. The number of anilines is 3. The van der Waals surface area contributed by atoms with E-state index in [9.17, 15) is 4.79 Å². The van der Waals surface area contributed by atoms with Crippen LogP contribution in [0.3, 0.4) is 0 Å². The Hall–Kier alpha value is -3.65. The monoisotopic (exact) mass is 390 g/mol. The molecular formula is C20H14N4O3S. The molecule has 0 saturated carbocycles. The van der Waals surface area contributed by atoms with Crippen LogP contribution in [-0.2, 0) is 0 Å². The predicted molar refractivity (Wildman–Crippen MR) is 108 cm³/mol.